The number of guanidine groups is 1. The van der Waals surface area contributed by atoms with Crippen LogP contribution in [0, 0.1) is 12.7 Å². The van der Waals surface area contributed by atoms with Gasteiger partial charge in [-0.1, -0.05) is 12.1 Å². The summed E-state index contributed by atoms with van der Waals surface area (Å²) in [6.07, 6.45) is 1.77. The van der Waals surface area contributed by atoms with E-state index in [1.807, 2.05) is 0 Å². The molecule has 0 radical (unpaired) electrons. The zero-order valence-electron chi connectivity index (χ0n) is 13.1. The number of benzene rings is 1. The number of nitrogens with one attached hydrogen (secondary N) is 3. The maximum absolute atomic E-state index is 13.2. The van der Waals surface area contributed by atoms with Crippen molar-refractivity contribution in [2.24, 2.45) is 4.99 Å². The Labute approximate surface area is 131 Å². The van der Waals surface area contributed by atoms with Crippen molar-refractivity contribution in [3.63, 3.8) is 0 Å². The summed E-state index contributed by atoms with van der Waals surface area (Å²) in [7, 11) is -1.49. The fraction of sp³-hybridized carbons (Fsp3) is 0.500. The molecule has 0 spiro atoms. The molecule has 0 fully saturated rings. The van der Waals surface area contributed by atoms with Gasteiger partial charge >= 0.3 is 0 Å². The lowest BCUT2D eigenvalue weighted by atomic mass is 10.1. The monoisotopic (exact) mass is 330 g/mol. The van der Waals surface area contributed by atoms with E-state index in [2.05, 4.69) is 20.3 Å². The maximum atomic E-state index is 13.2. The van der Waals surface area contributed by atoms with Crippen LogP contribution in [0.5, 0.6) is 0 Å². The second kappa shape index (κ2) is 8.70. The molecule has 1 aromatic rings. The van der Waals surface area contributed by atoms with Gasteiger partial charge in [-0.2, -0.15) is 0 Å². The smallest absolute Gasteiger partial charge is 0.208 e. The first-order valence-corrected chi connectivity index (χ1v) is 8.85. The van der Waals surface area contributed by atoms with Crippen LogP contribution in [0.25, 0.3) is 0 Å². The molecule has 0 amide bonds. The Kier molecular flexibility index (Phi) is 7.26. The normalized spacial score (nSPS) is 12.3. The highest BCUT2D eigenvalue weighted by Crippen LogP contribution is 2.08. The average molecular weight is 330 g/mol. The number of halogens is 1. The molecule has 0 unspecified atom stereocenters. The van der Waals surface area contributed by atoms with Gasteiger partial charge in [0.15, 0.2) is 5.96 Å². The number of sulfonamides is 1. The van der Waals surface area contributed by atoms with E-state index in [0.717, 1.165) is 11.8 Å². The van der Waals surface area contributed by atoms with Crippen LogP contribution in [0.1, 0.15) is 17.5 Å². The summed E-state index contributed by atoms with van der Waals surface area (Å²) in [6, 6.07) is 4.95. The number of aliphatic imine (C=N–C) groups is 1. The summed E-state index contributed by atoms with van der Waals surface area (Å²) in [5, 5.41) is 6.20. The molecule has 22 heavy (non-hydrogen) atoms. The Hall–Kier alpha value is -1.67. The van der Waals surface area contributed by atoms with E-state index < -0.39 is 10.0 Å². The zero-order chi connectivity index (χ0) is 16.6. The molecule has 0 saturated carbocycles. The van der Waals surface area contributed by atoms with Crippen LogP contribution in [0.15, 0.2) is 23.2 Å². The first-order chi connectivity index (χ1) is 10.3. The van der Waals surface area contributed by atoms with Crippen LogP contribution >= 0.6 is 0 Å². The quantitative estimate of drug-likeness (QED) is 0.391. The van der Waals surface area contributed by atoms with Crippen LogP contribution in [-0.2, 0) is 16.6 Å². The lowest BCUT2D eigenvalue weighted by molar-refractivity contribution is 0.584. The van der Waals surface area contributed by atoms with Crippen molar-refractivity contribution in [3.8, 4) is 0 Å². The van der Waals surface area contributed by atoms with Crippen molar-refractivity contribution >= 4 is 16.0 Å². The van der Waals surface area contributed by atoms with Gasteiger partial charge in [-0.15, -0.1) is 0 Å². The number of hydrogen-bond acceptors (Lipinski definition) is 3. The predicted octanol–water partition coefficient (Wildman–Crippen LogP) is 0.738. The highest BCUT2D eigenvalue weighted by atomic mass is 32.2. The number of nitrogens with zero attached hydrogens (tertiary/aromatic N) is 1. The maximum Gasteiger partial charge on any atom is 0.208 e. The second-order valence-electron chi connectivity index (χ2n) is 4.96. The highest BCUT2D eigenvalue weighted by molar-refractivity contribution is 7.88. The van der Waals surface area contributed by atoms with Crippen molar-refractivity contribution in [2.75, 3.05) is 26.4 Å². The van der Waals surface area contributed by atoms with Crippen LogP contribution < -0.4 is 15.4 Å². The molecule has 0 aliphatic rings. The van der Waals surface area contributed by atoms with Gasteiger partial charge < -0.3 is 10.6 Å². The van der Waals surface area contributed by atoms with Crippen molar-refractivity contribution in [2.45, 2.75) is 19.9 Å². The lowest BCUT2D eigenvalue weighted by Gasteiger charge is -2.12. The Bertz CT molecular complexity index is 617. The minimum absolute atomic E-state index is 0.218. The van der Waals surface area contributed by atoms with Gasteiger partial charge in [0.2, 0.25) is 10.0 Å². The molecule has 0 aliphatic carbocycles. The third-order valence-corrected chi connectivity index (χ3v) is 3.64. The summed E-state index contributed by atoms with van der Waals surface area (Å²) < 4.78 is 37.4. The largest absolute Gasteiger partial charge is 0.356 e. The van der Waals surface area contributed by atoms with Crippen molar-refractivity contribution in [1.29, 1.82) is 0 Å². The summed E-state index contributed by atoms with van der Waals surface area (Å²) in [6.45, 7) is 3.22. The van der Waals surface area contributed by atoms with Gasteiger partial charge in [-0.05, 0) is 30.5 Å². The second-order valence-corrected chi connectivity index (χ2v) is 6.79. The number of hydrogen-bond donors (Lipinski definition) is 3. The van der Waals surface area contributed by atoms with E-state index in [9.17, 15) is 12.8 Å². The van der Waals surface area contributed by atoms with Gasteiger partial charge in [-0.25, -0.2) is 17.5 Å². The summed E-state index contributed by atoms with van der Waals surface area (Å²) >= 11 is 0. The Balaban J connectivity index is 2.32. The molecule has 1 rings (SSSR count). The molecule has 0 saturated heterocycles. The minimum atomic E-state index is -3.14. The molecule has 0 bridgehead atoms. The van der Waals surface area contributed by atoms with E-state index >= 15 is 0 Å². The van der Waals surface area contributed by atoms with E-state index in [1.54, 1.807) is 26.1 Å². The lowest BCUT2D eigenvalue weighted by Crippen LogP contribution is -2.38. The number of rotatable bonds is 7. The highest BCUT2D eigenvalue weighted by Gasteiger charge is 2.02. The van der Waals surface area contributed by atoms with Gasteiger partial charge in [0.1, 0.15) is 5.82 Å². The standard InChI is InChI=1S/C14H23FN4O2S/c1-11-9-12(5-6-13(11)15)10-18-14(16-2)17-7-4-8-19-22(3,20)21/h5-6,9,19H,4,7-8,10H2,1-3H3,(H2,16,17,18). The van der Waals surface area contributed by atoms with Crippen LogP contribution in [0.3, 0.4) is 0 Å². The SMILES string of the molecule is CN=C(NCCCNS(C)(=O)=O)NCc1ccc(F)c(C)c1. The van der Waals surface area contributed by atoms with E-state index in [4.69, 9.17) is 0 Å². The van der Waals surface area contributed by atoms with E-state index in [0.29, 0.717) is 37.6 Å². The van der Waals surface area contributed by atoms with Gasteiger partial charge in [0, 0.05) is 26.7 Å². The molecular weight excluding hydrogens is 307 g/mol. The molecule has 0 atom stereocenters. The van der Waals surface area contributed by atoms with Gasteiger partial charge in [0.05, 0.1) is 6.26 Å². The molecule has 0 aliphatic heterocycles. The molecule has 124 valence electrons. The fourth-order valence-electron chi connectivity index (χ4n) is 1.78. The number of aryl methyl sites for hydroxylation is 1. The fourth-order valence-corrected chi connectivity index (χ4v) is 2.29. The molecule has 3 N–H and O–H groups in total. The topological polar surface area (TPSA) is 82.6 Å². The van der Waals surface area contributed by atoms with E-state index in [-0.39, 0.29) is 5.82 Å². The van der Waals surface area contributed by atoms with Gasteiger partial charge in [0.25, 0.3) is 0 Å². The molecule has 0 heterocycles. The first kappa shape index (κ1) is 18.4. The minimum Gasteiger partial charge on any atom is -0.356 e. The molecule has 1 aromatic carbocycles. The third-order valence-electron chi connectivity index (χ3n) is 2.92. The van der Waals surface area contributed by atoms with Crippen molar-refractivity contribution in [1.82, 2.24) is 15.4 Å². The van der Waals surface area contributed by atoms with E-state index in [1.165, 1.54) is 6.07 Å². The molecule has 0 aromatic heterocycles. The van der Waals surface area contributed by atoms with Crippen LogP contribution in [0.4, 0.5) is 4.39 Å². The van der Waals surface area contributed by atoms with Crippen LogP contribution in [0.2, 0.25) is 0 Å². The summed E-state index contributed by atoms with van der Waals surface area (Å²) in [5.41, 5.74) is 1.56. The molecular formula is C14H23FN4O2S. The van der Waals surface area contributed by atoms with Crippen molar-refractivity contribution < 1.29 is 12.8 Å². The van der Waals surface area contributed by atoms with Gasteiger partial charge in [-0.3, -0.25) is 4.99 Å². The third kappa shape index (κ3) is 7.37. The summed E-state index contributed by atoms with van der Waals surface area (Å²) in [4.78, 5) is 4.07. The molecule has 6 nitrogen and oxygen atoms in total. The first-order valence-electron chi connectivity index (χ1n) is 6.96. The summed E-state index contributed by atoms with van der Waals surface area (Å²) in [5.74, 6) is 0.394. The van der Waals surface area contributed by atoms with Crippen LogP contribution in [-0.4, -0.2) is 40.8 Å². The Morgan fingerprint density at radius 2 is 2.00 bits per heavy atom. The Morgan fingerprint density at radius 1 is 1.27 bits per heavy atom. The average Bonchev–Trinajstić information content (AvgIpc) is 2.44. The van der Waals surface area contributed by atoms with Crippen molar-refractivity contribution in [3.05, 3.63) is 35.1 Å². The predicted molar refractivity (Wildman–Crippen MR) is 86.8 cm³/mol. The zero-order valence-corrected chi connectivity index (χ0v) is 13.9. The Morgan fingerprint density at radius 3 is 2.59 bits per heavy atom. The molecule has 8 heteroatoms.